The van der Waals surface area contributed by atoms with Crippen LogP contribution in [0.1, 0.15) is 6.92 Å². The van der Waals surface area contributed by atoms with Crippen LogP contribution in [0.5, 0.6) is 0 Å². The quantitative estimate of drug-likeness (QED) is 0.648. The minimum atomic E-state index is 0.564. The fourth-order valence-electron chi connectivity index (χ4n) is 1.01. The monoisotopic (exact) mass is 180 g/mol. The largest absolute Gasteiger partial charge is 0.379 e. The first kappa shape index (κ1) is 10.2. The summed E-state index contributed by atoms with van der Waals surface area (Å²) in [4.78, 5) is 3.78. The van der Waals surface area contributed by atoms with Crippen molar-refractivity contribution < 1.29 is 4.74 Å². The fourth-order valence-corrected chi connectivity index (χ4v) is 1.01. The number of hydrogen-bond acceptors (Lipinski definition) is 3. The first-order valence-corrected chi connectivity index (χ1v) is 4.55. The molecule has 0 unspecified atom stereocenters. The van der Waals surface area contributed by atoms with Gasteiger partial charge in [-0.15, -0.1) is 0 Å². The van der Waals surface area contributed by atoms with Crippen LogP contribution in [0.2, 0.25) is 0 Å². The molecule has 1 aliphatic rings. The number of ether oxygens (including phenoxy) is 1. The number of hydrogen-bond donors (Lipinski definition) is 1. The fraction of sp³-hybridized carbons (Fsp3) is 0.500. The highest BCUT2D eigenvalue weighted by Gasteiger charge is 2.04. The van der Waals surface area contributed by atoms with Crippen LogP contribution >= 0.6 is 0 Å². The summed E-state index contributed by atoms with van der Waals surface area (Å²) < 4.78 is 5.12. The van der Waals surface area contributed by atoms with Gasteiger partial charge in [-0.3, -0.25) is 4.98 Å². The minimum Gasteiger partial charge on any atom is -0.379 e. The maximum Gasteiger partial charge on any atom is 0.0617 e. The molecule has 1 aliphatic heterocycles. The lowest BCUT2D eigenvalue weighted by atomic mass is 10.3. The highest BCUT2D eigenvalue weighted by molar-refractivity contribution is 4.88. The highest BCUT2D eigenvalue weighted by Crippen LogP contribution is 1.88. The van der Waals surface area contributed by atoms with E-state index in [2.05, 4.69) is 17.2 Å². The summed E-state index contributed by atoms with van der Waals surface area (Å²) in [5.74, 6) is 0. The van der Waals surface area contributed by atoms with Crippen molar-refractivity contribution in [1.82, 2.24) is 10.3 Å². The van der Waals surface area contributed by atoms with Crippen molar-refractivity contribution in [2.75, 3.05) is 19.8 Å². The third kappa shape index (κ3) is 5.33. The Morgan fingerprint density at radius 1 is 1.31 bits per heavy atom. The second-order valence-corrected chi connectivity index (χ2v) is 2.95. The number of pyridine rings is 1. The summed E-state index contributed by atoms with van der Waals surface area (Å²) in [6.07, 6.45) is 3.50. The van der Waals surface area contributed by atoms with E-state index in [0.29, 0.717) is 6.04 Å². The van der Waals surface area contributed by atoms with Crippen molar-refractivity contribution in [3.05, 3.63) is 30.6 Å². The number of aromatic nitrogens is 1. The van der Waals surface area contributed by atoms with Crippen molar-refractivity contribution in [1.29, 1.82) is 0 Å². The van der Waals surface area contributed by atoms with E-state index < -0.39 is 0 Å². The molecule has 2 rings (SSSR count). The van der Waals surface area contributed by atoms with Gasteiger partial charge in [0.05, 0.1) is 13.2 Å². The molecule has 0 aliphatic carbocycles. The van der Waals surface area contributed by atoms with E-state index in [1.54, 1.807) is 12.4 Å². The second-order valence-electron chi connectivity index (χ2n) is 2.95. The van der Waals surface area contributed by atoms with Crippen LogP contribution in [0.15, 0.2) is 30.6 Å². The molecule has 72 valence electrons. The van der Waals surface area contributed by atoms with Crippen molar-refractivity contribution in [3.63, 3.8) is 0 Å². The van der Waals surface area contributed by atoms with Crippen molar-refractivity contribution in [3.8, 4) is 0 Å². The van der Waals surface area contributed by atoms with Gasteiger partial charge in [0.1, 0.15) is 0 Å². The van der Waals surface area contributed by atoms with Gasteiger partial charge < -0.3 is 10.1 Å². The predicted molar refractivity (Wildman–Crippen MR) is 52.5 cm³/mol. The van der Waals surface area contributed by atoms with Gasteiger partial charge in [-0.05, 0) is 19.1 Å². The van der Waals surface area contributed by atoms with Crippen molar-refractivity contribution >= 4 is 0 Å². The number of rotatable bonds is 0. The highest BCUT2D eigenvalue weighted by atomic mass is 16.5. The summed E-state index contributed by atoms with van der Waals surface area (Å²) in [6.45, 7) is 4.89. The van der Waals surface area contributed by atoms with Crippen LogP contribution in [0, 0.1) is 0 Å². The molecule has 1 fully saturated rings. The van der Waals surface area contributed by atoms with Gasteiger partial charge in [-0.25, -0.2) is 0 Å². The van der Waals surface area contributed by atoms with Gasteiger partial charge in [0, 0.05) is 25.0 Å². The lowest BCUT2D eigenvalue weighted by molar-refractivity contribution is 0.0824. The maximum absolute atomic E-state index is 5.12. The molecule has 1 atom stereocenters. The van der Waals surface area contributed by atoms with Gasteiger partial charge in [-0.1, -0.05) is 6.07 Å². The lowest BCUT2D eigenvalue weighted by Crippen LogP contribution is -2.38. The van der Waals surface area contributed by atoms with Crippen LogP contribution < -0.4 is 5.32 Å². The van der Waals surface area contributed by atoms with E-state index in [9.17, 15) is 0 Å². The summed E-state index contributed by atoms with van der Waals surface area (Å²) >= 11 is 0. The molecular weight excluding hydrogens is 164 g/mol. The maximum atomic E-state index is 5.12. The predicted octanol–water partition coefficient (Wildman–Crippen LogP) is 1.08. The van der Waals surface area contributed by atoms with Gasteiger partial charge in [-0.2, -0.15) is 0 Å². The molecule has 13 heavy (non-hydrogen) atoms. The van der Waals surface area contributed by atoms with Gasteiger partial charge in [0.2, 0.25) is 0 Å². The van der Waals surface area contributed by atoms with E-state index >= 15 is 0 Å². The molecule has 0 radical (unpaired) electrons. The molecule has 0 aromatic carbocycles. The number of nitrogens with zero attached hydrogens (tertiary/aromatic N) is 1. The average molecular weight is 180 g/mol. The lowest BCUT2D eigenvalue weighted by Gasteiger charge is -2.19. The third-order valence-corrected chi connectivity index (χ3v) is 1.67. The molecule has 3 nitrogen and oxygen atoms in total. The summed E-state index contributed by atoms with van der Waals surface area (Å²) in [5.41, 5.74) is 0. The molecule has 0 amide bonds. The smallest absolute Gasteiger partial charge is 0.0617 e. The Morgan fingerprint density at radius 2 is 2.08 bits per heavy atom. The molecule has 2 heterocycles. The standard InChI is InChI=1S/C5H11NO.C5H5N/c1-5-4-7-3-2-6-5;1-2-4-6-5-3-1/h5-6H,2-4H2,1H3;1-5H/t5-;/m0./s1. The summed E-state index contributed by atoms with van der Waals surface area (Å²) in [5, 5.41) is 3.26. The number of morpholine rings is 1. The first-order valence-electron chi connectivity index (χ1n) is 4.55. The Labute approximate surface area is 79.1 Å². The minimum absolute atomic E-state index is 0.564. The summed E-state index contributed by atoms with van der Waals surface area (Å²) in [6, 6.07) is 6.28. The van der Waals surface area contributed by atoms with Gasteiger partial charge in [0.25, 0.3) is 0 Å². The molecule has 0 bridgehead atoms. The second kappa shape index (κ2) is 6.57. The molecular formula is C10H16N2O. The van der Waals surface area contributed by atoms with Crippen molar-refractivity contribution in [2.45, 2.75) is 13.0 Å². The van der Waals surface area contributed by atoms with Gasteiger partial charge >= 0.3 is 0 Å². The van der Waals surface area contributed by atoms with Crippen LogP contribution in [-0.4, -0.2) is 30.8 Å². The zero-order valence-electron chi connectivity index (χ0n) is 7.94. The molecule has 1 aromatic rings. The average Bonchev–Trinajstić information content (AvgIpc) is 2.22. The van der Waals surface area contributed by atoms with Crippen LogP contribution in [-0.2, 0) is 4.74 Å². The van der Waals surface area contributed by atoms with Gasteiger partial charge in [0.15, 0.2) is 0 Å². The molecule has 0 spiro atoms. The van der Waals surface area contributed by atoms with Crippen LogP contribution in [0.3, 0.4) is 0 Å². The normalized spacial score (nSPS) is 21.5. The zero-order chi connectivity index (χ0) is 9.36. The third-order valence-electron chi connectivity index (χ3n) is 1.67. The van der Waals surface area contributed by atoms with Crippen LogP contribution in [0.25, 0.3) is 0 Å². The van der Waals surface area contributed by atoms with E-state index in [0.717, 1.165) is 19.8 Å². The van der Waals surface area contributed by atoms with E-state index in [1.807, 2.05) is 18.2 Å². The Bertz CT molecular complexity index is 171. The Hall–Kier alpha value is -0.930. The summed E-state index contributed by atoms with van der Waals surface area (Å²) in [7, 11) is 0. The molecule has 1 N–H and O–H groups in total. The van der Waals surface area contributed by atoms with Crippen LogP contribution in [0.4, 0.5) is 0 Å². The zero-order valence-corrected chi connectivity index (χ0v) is 7.94. The first-order chi connectivity index (χ1) is 6.39. The Balaban J connectivity index is 0.000000132. The molecule has 1 aromatic heterocycles. The molecule has 0 saturated carbocycles. The SMILES string of the molecule is C[C@H]1COCCN1.c1ccncc1. The van der Waals surface area contributed by atoms with E-state index in [4.69, 9.17) is 4.74 Å². The molecule has 3 heteroatoms. The number of nitrogens with one attached hydrogen (secondary N) is 1. The van der Waals surface area contributed by atoms with E-state index in [-0.39, 0.29) is 0 Å². The van der Waals surface area contributed by atoms with E-state index in [1.165, 1.54) is 0 Å². The molecule has 1 saturated heterocycles. The Kier molecular flexibility index (Phi) is 5.13. The topological polar surface area (TPSA) is 34.1 Å². The Morgan fingerprint density at radius 3 is 2.31 bits per heavy atom. The van der Waals surface area contributed by atoms with Crippen molar-refractivity contribution in [2.24, 2.45) is 0 Å².